The van der Waals surface area contributed by atoms with Crippen LogP contribution >= 0.6 is 0 Å². The van der Waals surface area contributed by atoms with Gasteiger partial charge < -0.3 is 18.9 Å². The molecule has 10 aromatic carbocycles. The minimum atomic E-state index is -3.89. The van der Waals surface area contributed by atoms with Crippen molar-refractivity contribution in [2.75, 3.05) is 0 Å². The molecule has 0 aliphatic carbocycles. The van der Waals surface area contributed by atoms with Crippen molar-refractivity contribution in [3.63, 3.8) is 0 Å². The van der Waals surface area contributed by atoms with Gasteiger partial charge in [0.25, 0.3) is 0 Å². The Bertz CT molecular complexity index is 3740. The lowest BCUT2D eigenvalue weighted by Crippen LogP contribution is -2.04. The first-order valence-corrected chi connectivity index (χ1v) is 26.7. The highest BCUT2D eigenvalue weighted by molar-refractivity contribution is 7.91. The molecule has 0 aliphatic heterocycles. The highest BCUT2D eigenvalue weighted by Gasteiger charge is 2.20. The lowest BCUT2D eigenvalue weighted by Gasteiger charge is -2.10. The molecule has 0 bridgehead atoms. The van der Waals surface area contributed by atoms with Crippen molar-refractivity contribution in [2.24, 2.45) is 0 Å². The van der Waals surface area contributed by atoms with Gasteiger partial charge in [0, 0.05) is 44.5 Å². The Kier molecular flexibility index (Phi) is 15.1. The maximum atomic E-state index is 13.6. The van der Waals surface area contributed by atoms with E-state index in [0.717, 1.165) is 22.3 Å². The molecule has 0 aliphatic rings. The van der Waals surface area contributed by atoms with Crippen LogP contribution in [0.25, 0.3) is 0 Å². The van der Waals surface area contributed by atoms with E-state index in [9.17, 15) is 27.6 Å². The van der Waals surface area contributed by atoms with E-state index in [-0.39, 0.29) is 32.9 Å². The lowest BCUT2D eigenvalue weighted by atomic mass is 9.97. The Labute approximate surface area is 458 Å². The highest BCUT2D eigenvalue weighted by atomic mass is 32.2. The van der Waals surface area contributed by atoms with Gasteiger partial charge in [-0.15, -0.1) is 0 Å². The van der Waals surface area contributed by atoms with Crippen molar-refractivity contribution in [3.05, 3.63) is 297 Å². The second-order valence-electron chi connectivity index (χ2n) is 19.0. The quantitative estimate of drug-likeness (QED) is 0.0763. The molecule has 0 saturated heterocycles. The van der Waals surface area contributed by atoms with E-state index in [0.29, 0.717) is 90.5 Å². The molecule has 0 saturated carbocycles. The third-order valence-corrected chi connectivity index (χ3v) is 15.0. The predicted octanol–water partition coefficient (Wildman–Crippen LogP) is 15.8. The first-order chi connectivity index (χ1) is 38.1. The first-order valence-electron chi connectivity index (χ1n) is 25.2. The molecular formula is C68H50O10S. The van der Waals surface area contributed by atoms with Crippen LogP contribution in [-0.2, 0) is 9.84 Å². The predicted molar refractivity (Wildman–Crippen MR) is 303 cm³/mol. The number of hydrogen-bond donors (Lipinski definition) is 0. The van der Waals surface area contributed by atoms with Crippen LogP contribution in [0.3, 0.4) is 0 Å². The number of sulfone groups is 1. The summed E-state index contributed by atoms with van der Waals surface area (Å²) in [4.78, 5) is 53.1. The third-order valence-electron chi connectivity index (χ3n) is 13.2. The fourth-order valence-corrected chi connectivity index (χ4v) is 9.97. The fourth-order valence-electron chi connectivity index (χ4n) is 8.71. The highest BCUT2D eigenvalue weighted by Crippen LogP contribution is 2.31. The Morgan fingerprint density at radius 3 is 0.696 bits per heavy atom. The fraction of sp³-hybridized carbons (Fsp3) is 0.0588. The van der Waals surface area contributed by atoms with Crippen LogP contribution in [0.4, 0.5) is 0 Å². The first kappa shape index (κ1) is 52.5. The molecule has 0 amide bonds. The Morgan fingerprint density at radius 1 is 0.266 bits per heavy atom. The molecule has 0 atom stereocenters. The lowest BCUT2D eigenvalue weighted by molar-refractivity contribution is 0.103. The number of benzene rings is 10. The van der Waals surface area contributed by atoms with Crippen molar-refractivity contribution in [2.45, 2.75) is 37.5 Å². The van der Waals surface area contributed by atoms with Gasteiger partial charge in [0.2, 0.25) is 9.84 Å². The summed E-state index contributed by atoms with van der Waals surface area (Å²) < 4.78 is 51.2. The average Bonchev–Trinajstić information content (AvgIpc) is 3.48. The van der Waals surface area contributed by atoms with Crippen molar-refractivity contribution in [1.82, 2.24) is 0 Å². The zero-order valence-corrected chi connectivity index (χ0v) is 44.2. The Balaban J connectivity index is 0.685. The van der Waals surface area contributed by atoms with Gasteiger partial charge in [-0.05, 0) is 245 Å². The maximum Gasteiger partial charge on any atom is 0.206 e. The minimum Gasteiger partial charge on any atom is -0.457 e. The molecule has 0 spiro atoms. The minimum absolute atomic E-state index is 0.0525. The van der Waals surface area contributed by atoms with Crippen LogP contribution in [0, 0.1) is 27.7 Å². The summed E-state index contributed by atoms with van der Waals surface area (Å²) in [6.45, 7) is 7.75. The van der Waals surface area contributed by atoms with E-state index in [2.05, 4.69) is 0 Å². The van der Waals surface area contributed by atoms with Crippen LogP contribution in [0.5, 0.6) is 46.0 Å². The van der Waals surface area contributed by atoms with E-state index in [1.807, 2.05) is 64.1 Å². The number of hydrogen-bond acceptors (Lipinski definition) is 10. The molecule has 0 aromatic heterocycles. The normalized spacial score (nSPS) is 11.1. The number of aryl methyl sites for hydroxylation is 4. The van der Waals surface area contributed by atoms with Gasteiger partial charge in [-0.25, -0.2) is 8.42 Å². The van der Waals surface area contributed by atoms with Gasteiger partial charge in [-0.1, -0.05) is 35.4 Å². The number of ketones is 4. The average molecular weight is 1060 g/mol. The van der Waals surface area contributed by atoms with Crippen LogP contribution in [-0.4, -0.2) is 31.6 Å². The number of rotatable bonds is 18. The summed E-state index contributed by atoms with van der Waals surface area (Å²) in [7, 11) is -3.89. The zero-order chi connectivity index (χ0) is 55.2. The molecule has 79 heavy (non-hydrogen) atoms. The molecule has 0 heterocycles. The largest absolute Gasteiger partial charge is 0.457 e. The molecule has 11 heteroatoms. The summed E-state index contributed by atoms with van der Waals surface area (Å²) in [6.07, 6.45) is 0. The second-order valence-corrected chi connectivity index (χ2v) is 20.9. The molecule has 10 rings (SSSR count). The van der Waals surface area contributed by atoms with Crippen molar-refractivity contribution < 1.29 is 46.5 Å². The summed E-state index contributed by atoms with van der Waals surface area (Å²) >= 11 is 0. The van der Waals surface area contributed by atoms with Gasteiger partial charge in [0.05, 0.1) is 9.79 Å². The molecule has 0 N–H and O–H groups in total. The number of carbonyl (C=O) groups is 4. The maximum absolute atomic E-state index is 13.6. The summed E-state index contributed by atoms with van der Waals surface area (Å²) in [5.41, 5.74) is 8.16. The van der Waals surface area contributed by atoms with Gasteiger partial charge in [0.15, 0.2) is 23.1 Å². The van der Waals surface area contributed by atoms with Gasteiger partial charge in [0.1, 0.15) is 46.0 Å². The van der Waals surface area contributed by atoms with Crippen LogP contribution in [0.1, 0.15) is 85.9 Å². The summed E-state index contributed by atoms with van der Waals surface area (Å²) in [5, 5.41) is 0. The van der Waals surface area contributed by atoms with Crippen LogP contribution in [0.2, 0.25) is 0 Å². The van der Waals surface area contributed by atoms with Crippen molar-refractivity contribution in [3.8, 4) is 46.0 Å². The zero-order valence-electron chi connectivity index (χ0n) is 43.4. The summed E-state index contributed by atoms with van der Waals surface area (Å²) in [5.74, 6) is 3.39. The summed E-state index contributed by atoms with van der Waals surface area (Å²) in [6, 6.07) is 64.6. The van der Waals surface area contributed by atoms with Crippen molar-refractivity contribution >= 4 is 33.0 Å². The van der Waals surface area contributed by atoms with E-state index < -0.39 is 9.84 Å². The number of ether oxygens (including phenoxy) is 4. The SMILES string of the molecule is Cc1ccc(C)c(C(=O)c2ccc(Oc3ccc(C(=O)c4ccc(Oc5ccc(S(=O)(=O)c6ccc(Oc7ccc(C(=O)c8ccc(Oc9ccc(C(=O)c%10cc(C)ccc%10C)cc9)cc8)cc7)cc6)cc5)cc4)cc3)cc2)c1. The van der Waals surface area contributed by atoms with E-state index in [1.165, 1.54) is 24.3 Å². The molecule has 0 radical (unpaired) electrons. The van der Waals surface area contributed by atoms with Crippen molar-refractivity contribution in [1.29, 1.82) is 0 Å². The standard InChI is InChI=1S/C68H50O10S/c1-43-5-7-45(3)63(41-43)67(71)51-17-29-57(30-18-51)75-53-21-9-47(10-22-53)65(69)49-13-25-55(26-14-49)77-59-33-37-61(38-34-59)79(73,74)62-39-35-60(36-40-62)78-56-27-15-50(16-28-56)66(70)48-11-23-54(24-12-48)76-58-31-19-52(20-32-58)68(72)64-42-44(2)6-8-46(64)4/h5-42H,1-4H3. The molecule has 10 aromatic rings. The van der Waals surface area contributed by atoms with Crippen LogP contribution < -0.4 is 18.9 Å². The van der Waals surface area contributed by atoms with E-state index in [1.54, 1.807) is 170 Å². The number of carbonyl (C=O) groups excluding carboxylic acids is 4. The van der Waals surface area contributed by atoms with E-state index in [4.69, 9.17) is 18.9 Å². The Morgan fingerprint density at radius 2 is 0.468 bits per heavy atom. The molecule has 388 valence electrons. The second kappa shape index (κ2) is 22.7. The smallest absolute Gasteiger partial charge is 0.206 e. The third kappa shape index (κ3) is 12.2. The molecular weight excluding hydrogens is 1010 g/mol. The molecule has 0 unspecified atom stereocenters. The Hall–Kier alpha value is -9.97. The topological polar surface area (TPSA) is 139 Å². The molecule has 0 fully saturated rings. The monoisotopic (exact) mass is 1060 g/mol. The van der Waals surface area contributed by atoms with Crippen LogP contribution in [0.15, 0.2) is 240 Å². The van der Waals surface area contributed by atoms with Gasteiger partial charge >= 0.3 is 0 Å². The van der Waals surface area contributed by atoms with Gasteiger partial charge in [-0.2, -0.15) is 0 Å². The van der Waals surface area contributed by atoms with Gasteiger partial charge in [-0.3, -0.25) is 19.2 Å². The molecule has 10 nitrogen and oxygen atoms in total. The van der Waals surface area contributed by atoms with E-state index >= 15 is 0 Å².